The fraction of sp³-hybridized carbons (Fsp3) is 0.207. The van der Waals surface area contributed by atoms with Gasteiger partial charge in [-0.25, -0.2) is 4.98 Å². The Morgan fingerprint density at radius 2 is 1.77 bits per heavy atom. The van der Waals surface area contributed by atoms with E-state index in [1.165, 1.54) is 18.3 Å². The number of pyridine rings is 1. The fourth-order valence-corrected chi connectivity index (χ4v) is 4.50. The van der Waals surface area contributed by atoms with Crippen LogP contribution in [0.15, 0.2) is 71.3 Å². The van der Waals surface area contributed by atoms with Crippen LogP contribution < -0.4 is 11.1 Å². The van der Waals surface area contributed by atoms with Gasteiger partial charge in [-0.3, -0.25) is 9.59 Å². The molecule has 200 valence electrons. The van der Waals surface area contributed by atoms with Gasteiger partial charge in [0, 0.05) is 36.3 Å². The lowest BCUT2D eigenvalue weighted by Crippen LogP contribution is -2.27. The molecule has 0 aliphatic carbocycles. The van der Waals surface area contributed by atoms with Crippen molar-refractivity contribution in [3.8, 4) is 11.1 Å². The molecule has 0 atom stereocenters. The van der Waals surface area contributed by atoms with Crippen LogP contribution in [0.5, 0.6) is 0 Å². The summed E-state index contributed by atoms with van der Waals surface area (Å²) in [4.78, 5) is 30.5. The largest absolute Gasteiger partial charge is 0.459 e. The van der Waals surface area contributed by atoms with Crippen LogP contribution in [0.25, 0.3) is 28.2 Å². The molecule has 2 amide bonds. The predicted molar refractivity (Wildman–Crippen MR) is 141 cm³/mol. The van der Waals surface area contributed by atoms with E-state index in [-0.39, 0.29) is 29.2 Å². The lowest BCUT2D eigenvalue weighted by atomic mass is 9.99. The zero-order valence-electron chi connectivity index (χ0n) is 20.8. The van der Waals surface area contributed by atoms with E-state index in [2.05, 4.69) is 10.3 Å². The highest BCUT2D eigenvalue weighted by Crippen LogP contribution is 2.39. The van der Waals surface area contributed by atoms with Gasteiger partial charge in [-0.1, -0.05) is 12.1 Å². The van der Waals surface area contributed by atoms with Crippen molar-refractivity contribution in [1.82, 2.24) is 15.2 Å². The van der Waals surface area contributed by atoms with Gasteiger partial charge in [-0.2, -0.15) is 13.2 Å². The van der Waals surface area contributed by atoms with E-state index in [9.17, 15) is 22.8 Å². The molecule has 0 spiro atoms. The second-order valence-corrected chi connectivity index (χ2v) is 9.30. The number of nitrogen functional groups attached to an aromatic ring is 1. The summed E-state index contributed by atoms with van der Waals surface area (Å²) in [6.45, 7) is 1.33. The molecule has 2 aromatic heterocycles. The molecule has 0 radical (unpaired) electrons. The monoisotopic (exact) mass is 534 g/mol. The molecule has 7 nitrogen and oxygen atoms in total. The Balaban J connectivity index is 1.35. The maximum atomic E-state index is 14.0. The maximum Gasteiger partial charge on any atom is 0.420 e. The minimum absolute atomic E-state index is 0.0769. The van der Waals surface area contributed by atoms with Crippen molar-refractivity contribution in [1.29, 1.82) is 0 Å². The predicted octanol–water partition coefficient (Wildman–Crippen LogP) is 5.66. The highest BCUT2D eigenvalue weighted by atomic mass is 19.4. The van der Waals surface area contributed by atoms with Crippen LogP contribution in [0.4, 0.5) is 19.0 Å². The number of nitrogens with two attached hydrogens (primary N) is 1. The summed E-state index contributed by atoms with van der Waals surface area (Å²) in [5.74, 6) is 0.00202. The van der Waals surface area contributed by atoms with Crippen LogP contribution in [0.1, 0.15) is 40.1 Å². The third-order valence-corrected chi connectivity index (χ3v) is 6.50. The normalized spacial score (nSPS) is 13.9. The molecule has 1 fully saturated rings. The van der Waals surface area contributed by atoms with Crippen LogP contribution in [-0.4, -0.2) is 34.8 Å². The molecule has 0 unspecified atom stereocenters. The van der Waals surface area contributed by atoms with E-state index in [1.54, 1.807) is 53.4 Å². The Bertz CT molecular complexity index is 1540. The van der Waals surface area contributed by atoms with E-state index in [1.807, 2.05) is 0 Å². The first-order valence-electron chi connectivity index (χ1n) is 12.4. The fourth-order valence-electron chi connectivity index (χ4n) is 4.50. The summed E-state index contributed by atoms with van der Waals surface area (Å²) < 4.78 is 47.4. The third kappa shape index (κ3) is 5.95. The molecule has 10 heteroatoms. The number of carbonyl (C=O) groups excluding carboxylic acids is 2. The number of hydrogen-bond acceptors (Lipinski definition) is 5. The number of anilines is 1. The highest BCUT2D eigenvalue weighted by Gasteiger charge is 2.35. The molecule has 0 saturated carbocycles. The second-order valence-electron chi connectivity index (χ2n) is 9.30. The number of nitrogens with zero attached hydrogens (tertiary/aromatic N) is 2. The molecule has 1 aliphatic rings. The molecule has 3 N–H and O–H groups in total. The Morgan fingerprint density at radius 3 is 2.44 bits per heavy atom. The van der Waals surface area contributed by atoms with Gasteiger partial charge in [0.1, 0.15) is 17.2 Å². The van der Waals surface area contributed by atoms with Gasteiger partial charge < -0.3 is 20.4 Å². The van der Waals surface area contributed by atoms with E-state index in [0.717, 1.165) is 18.9 Å². The summed E-state index contributed by atoms with van der Waals surface area (Å²) >= 11 is 0. The standard InChI is InChI=1S/C29H25F3N4O3/c30-29(31,32)24-15-21(19-5-7-20(8-6-19)28(38)36-11-1-2-12-36)13-22-14-23(39-27(22)24)17-35-26(37)10-4-18-3-9-25(33)34-16-18/h3-10,13-16H,1-2,11-12,17H2,(H2,33,34)(H,35,37)/b10-4+. The number of likely N-dealkylation sites (tertiary alicyclic amines) is 1. The third-order valence-electron chi connectivity index (χ3n) is 6.50. The maximum absolute atomic E-state index is 14.0. The molecule has 0 bridgehead atoms. The number of carbonyl (C=O) groups is 2. The number of fused-ring (bicyclic) bond motifs is 1. The Labute approximate surface area is 222 Å². The smallest absolute Gasteiger partial charge is 0.420 e. The molecule has 1 aliphatic heterocycles. The van der Waals surface area contributed by atoms with Crippen molar-refractivity contribution in [2.24, 2.45) is 0 Å². The molecule has 1 saturated heterocycles. The van der Waals surface area contributed by atoms with Gasteiger partial charge in [-0.05, 0) is 78.1 Å². The SMILES string of the molecule is Nc1ccc(/C=C/C(=O)NCc2cc3cc(-c4ccc(C(=O)N5CCCC5)cc4)cc(C(F)(F)F)c3o2)cn1. The van der Waals surface area contributed by atoms with Gasteiger partial charge in [-0.15, -0.1) is 0 Å². The lowest BCUT2D eigenvalue weighted by Gasteiger charge is -2.15. The van der Waals surface area contributed by atoms with Gasteiger partial charge in [0.2, 0.25) is 5.91 Å². The van der Waals surface area contributed by atoms with Gasteiger partial charge in [0.15, 0.2) is 0 Å². The molecular weight excluding hydrogens is 509 g/mol. The number of furan rings is 1. The van der Waals surface area contributed by atoms with E-state index in [0.29, 0.717) is 41.2 Å². The van der Waals surface area contributed by atoms with E-state index in [4.69, 9.17) is 10.2 Å². The lowest BCUT2D eigenvalue weighted by molar-refractivity contribution is -0.136. The highest BCUT2D eigenvalue weighted by molar-refractivity contribution is 5.95. The number of benzene rings is 2. The van der Waals surface area contributed by atoms with Crippen LogP contribution >= 0.6 is 0 Å². The van der Waals surface area contributed by atoms with Crippen LogP contribution in [0.2, 0.25) is 0 Å². The zero-order chi connectivity index (χ0) is 27.6. The summed E-state index contributed by atoms with van der Waals surface area (Å²) in [7, 11) is 0. The van der Waals surface area contributed by atoms with E-state index < -0.39 is 17.6 Å². The number of aromatic nitrogens is 1. The van der Waals surface area contributed by atoms with Crippen LogP contribution in [0.3, 0.4) is 0 Å². The van der Waals surface area contributed by atoms with Crippen molar-refractivity contribution in [2.45, 2.75) is 25.6 Å². The molecule has 3 heterocycles. The van der Waals surface area contributed by atoms with Crippen molar-refractivity contribution in [3.63, 3.8) is 0 Å². The minimum atomic E-state index is -4.66. The Kier molecular flexibility index (Phi) is 7.10. The summed E-state index contributed by atoms with van der Waals surface area (Å²) in [5.41, 5.74) is 6.36. The average Bonchev–Trinajstić information content (AvgIpc) is 3.60. The Morgan fingerprint density at radius 1 is 1.03 bits per heavy atom. The van der Waals surface area contributed by atoms with Crippen molar-refractivity contribution in [3.05, 3.63) is 89.3 Å². The summed E-state index contributed by atoms with van der Waals surface area (Å²) in [5, 5.41) is 2.86. The van der Waals surface area contributed by atoms with Crippen molar-refractivity contribution < 1.29 is 27.2 Å². The molecular formula is C29H25F3N4O3. The first kappa shape index (κ1) is 26.0. The number of rotatable bonds is 6. The Hall–Kier alpha value is -4.60. The van der Waals surface area contributed by atoms with Crippen molar-refractivity contribution in [2.75, 3.05) is 18.8 Å². The first-order chi connectivity index (χ1) is 18.7. The number of alkyl halides is 3. The molecule has 5 rings (SSSR count). The van der Waals surface area contributed by atoms with Gasteiger partial charge in [0.25, 0.3) is 5.91 Å². The summed E-state index contributed by atoms with van der Waals surface area (Å²) in [6, 6.07) is 14.0. The van der Waals surface area contributed by atoms with Crippen molar-refractivity contribution >= 4 is 34.7 Å². The number of nitrogens with one attached hydrogen (secondary N) is 1. The topological polar surface area (TPSA) is 101 Å². The van der Waals surface area contributed by atoms with Gasteiger partial charge in [0.05, 0.1) is 12.1 Å². The average molecular weight is 535 g/mol. The molecule has 39 heavy (non-hydrogen) atoms. The minimum Gasteiger partial charge on any atom is -0.459 e. The van der Waals surface area contributed by atoms with Gasteiger partial charge >= 0.3 is 6.18 Å². The second kappa shape index (κ2) is 10.6. The number of halogens is 3. The number of hydrogen-bond donors (Lipinski definition) is 2. The molecule has 2 aromatic carbocycles. The molecule has 4 aromatic rings. The quantitative estimate of drug-likeness (QED) is 0.311. The zero-order valence-corrected chi connectivity index (χ0v) is 20.8. The first-order valence-corrected chi connectivity index (χ1v) is 12.4. The van der Waals surface area contributed by atoms with Crippen LogP contribution in [0, 0.1) is 0 Å². The van der Waals surface area contributed by atoms with E-state index >= 15 is 0 Å². The number of amides is 2. The van der Waals surface area contributed by atoms with Crippen LogP contribution in [-0.2, 0) is 17.5 Å². The summed E-state index contributed by atoms with van der Waals surface area (Å²) in [6.07, 6.45) is 1.62.